The van der Waals surface area contributed by atoms with Crippen molar-refractivity contribution in [2.24, 2.45) is 0 Å². The number of anilines is 1. The van der Waals surface area contributed by atoms with Crippen molar-refractivity contribution in [3.05, 3.63) is 96.1 Å². The molecular formula is C19H15F2NO2S. The summed E-state index contributed by atoms with van der Waals surface area (Å²) in [6, 6.07) is 20.1. The second-order valence-electron chi connectivity index (χ2n) is 5.41. The summed E-state index contributed by atoms with van der Waals surface area (Å²) in [5, 5.41) is 0. The molecule has 3 aromatic carbocycles. The Kier molecular flexibility index (Phi) is 4.81. The molecule has 0 aromatic heterocycles. The normalized spacial score (nSPS) is 11.3. The zero-order chi connectivity index (χ0) is 17.9. The molecule has 3 aromatic rings. The predicted molar refractivity (Wildman–Crippen MR) is 92.6 cm³/mol. The topological polar surface area (TPSA) is 37.4 Å². The van der Waals surface area contributed by atoms with Crippen LogP contribution in [0.2, 0.25) is 0 Å². The minimum absolute atomic E-state index is 0.0756. The second-order valence-corrected chi connectivity index (χ2v) is 7.27. The minimum atomic E-state index is -4.06. The highest BCUT2D eigenvalue weighted by Crippen LogP contribution is 2.26. The third-order valence-electron chi connectivity index (χ3n) is 3.69. The van der Waals surface area contributed by atoms with Crippen LogP contribution in [0.15, 0.2) is 83.8 Å². The van der Waals surface area contributed by atoms with Crippen LogP contribution in [0.1, 0.15) is 5.56 Å². The Morgan fingerprint density at radius 1 is 0.760 bits per heavy atom. The van der Waals surface area contributed by atoms with E-state index < -0.39 is 21.7 Å². The number of halogens is 2. The minimum Gasteiger partial charge on any atom is -0.262 e. The van der Waals surface area contributed by atoms with E-state index >= 15 is 0 Å². The Labute approximate surface area is 145 Å². The largest absolute Gasteiger partial charge is 0.264 e. The van der Waals surface area contributed by atoms with Crippen molar-refractivity contribution in [3.8, 4) is 0 Å². The number of benzene rings is 3. The number of nitrogens with zero attached hydrogens (tertiary/aromatic N) is 1. The highest BCUT2D eigenvalue weighted by atomic mass is 32.2. The molecule has 6 heteroatoms. The monoisotopic (exact) mass is 359 g/mol. The molecular weight excluding hydrogens is 344 g/mol. The van der Waals surface area contributed by atoms with Gasteiger partial charge in [0.2, 0.25) is 0 Å². The van der Waals surface area contributed by atoms with Crippen LogP contribution in [0.5, 0.6) is 0 Å². The molecule has 0 N–H and O–H groups in total. The van der Waals surface area contributed by atoms with E-state index in [4.69, 9.17) is 0 Å². The summed E-state index contributed by atoms with van der Waals surface area (Å²) in [5.74, 6) is -2.29. The van der Waals surface area contributed by atoms with Crippen molar-refractivity contribution < 1.29 is 17.2 Å². The fraction of sp³-hybridized carbons (Fsp3) is 0.0526. The van der Waals surface area contributed by atoms with Gasteiger partial charge in [-0.1, -0.05) is 48.5 Å². The molecule has 0 aliphatic rings. The van der Waals surface area contributed by atoms with Gasteiger partial charge in [0.25, 0.3) is 10.0 Å². The first-order chi connectivity index (χ1) is 12.0. The third kappa shape index (κ3) is 3.69. The lowest BCUT2D eigenvalue weighted by molar-refractivity contribution is 0.504. The molecule has 128 valence electrons. The van der Waals surface area contributed by atoms with Gasteiger partial charge in [-0.25, -0.2) is 17.2 Å². The van der Waals surface area contributed by atoms with E-state index in [0.717, 1.165) is 17.7 Å². The number of hydrogen-bond acceptors (Lipinski definition) is 2. The maximum Gasteiger partial charge on any atom is 0.264 e. The fourth-order valence-electron chi connectivity index (χ4n) is 2.42. The number of rotatable bonds is 5. The van der Waals surface area contributed by atoms with Crippen molar-refractivity contribution in [1.82, 2.24) is 0 Å². The third-order valence-corrected chi connectivity index (χ3v) is 5.46. The molecule has 0 heterocycles. The number of para-hydroxylation sites is 1. The molecule has 0 aliphatic heterocycles. The van der Waals surface area contributed by atoms with Crippen LogP contribution in [0.3, 0.4) is 0 Å². The molecule has 0 spiro atoms. The Morgan fingerprint density at radius 2 is 1.36 bits per heavy atom. The molecule has 3 nitrogen and oxygen atoms in total. The number of sulfonamides is 1. The van der Waals surface area contributed by atoms with Crippen LogP contribution in [0.4, 0.5) is 14.5 Å². The molecule has 0 amide bonds. The van der Waals surface area contributed by atoms with Crippen LogP contribution < -0.4 is 4.31 Å². The van der Waals surface area contributed by atoms with Gasteiger partial charge in [0.05, 0.1) is 17.1 Å². The van der Waals surface area contributed by atoms with E-state index in [-0.39, 0.29) is 11.4 Å². The van der Waals surface area contributed by atoms with Crippen molar-refractivity contribution >= 4 is 15.7 Å². The lowest BCUT2D eigenvalue weighted by Gasteiger charge is -2.24. The molecule has 0 radical (unpaired) electrons. The Bertz CT molecular complexity index is 961. The first-order valence-corrected chi connectivity index (χ1v) is 8.99. The zero-order valence-corrected chi connectivity index (χ0v) is 14.0. The van der Waals surface area contributed by atoms with Gasteiger partial charge in [0, 0.05) is 0 Å². The van der Waals surface area contributed by atoms with E-state index in [0.29, 0.717) is 11.8 Å². The Hall–Kier alpha value is -2.73. The predicted octanol–water partition coefficient (Wildman–Crippen LogP) is 4.36. The van der Waals surface area contributed by atoms with E-state index in [2.05, 4.69) is 0 Å². The maximum absolute atomic E-state index is 13.5. The van der Waals surface area contributed by atoms with Crippen LogP contribution in [-0.4, -0.2) is 8.42 Å². The summed E-state index contributed by atoms with van der Waals surface area (Å²) in [6.07, 6.45) is 0. The van der Waals surface area contributed by atoms with Gasteiger partial charge in [-0.3, -0.25) is 4.31 Å². The second kappa shape index (κ2) is 7.03. The van der Waals surface area contributed by atoms with Crippen LogP contribution in [-0.2, 0) is 16.6 Å². The quantitative estimate of drug-likeness (QED) is 0.679. The van der Waals surface area contributed by atoms with Gasteiger partial charge in [-0.2, -0.15) is 0 Å². The molecule has 3 rings (SSSR count). The highest BCUT2D eigenvalue weighted by Gasteiger charge is 2.26. The standard InChI is InChI=1S/C19H15F2NO2S/c20-18-12-11-17(13-19(18)21)25(23,24)22(16-9-5-2-6-10-16)14-15-7-3-1-4-8-15/h1-13H,14H2. The Morgan fingerprint density at radius 3 is 1.96 bits per heavy atom. The summed E-state index contributed by atoms with van der Waals surface area (Å²) in [6.45, 7) is 0.0756. The molecule has 0 aliphatic carbocycles. The lowest BCUT2D eigenvalue weighted by Crippen LogP contribution is -2.30. The van der Waals surface area contributed by atoms with E-state index in [1.807, 2.05) is 18.2 Å². The maximum atomic E-state index is 13.5. The summed E-state index contributed by atoms with van der Waals surface area (Å²) < 4.78 is 54.0. The summed E-state index contributed by atoms with van der Waals surface area (Å²) in [4.78, 5) is -0.300. The SMILES string of the molecule is O=S(=O)(c1ccc(F)c(F)c1)N(Cc1ccccc1)c1ccccc1. The van der Waals surface area contributed by atoms with Gasteiger partial charge in [-0.05, 0) is 35.9 Å². The smallest absolute Gasteiger partial charge is 0.262 e. The molecule has 0 atom stereocenters. The highest BCUT2D eigenvalue weighted by molar-refractivity contribution is 7.92. The first-order valence-electron chi connectivity index (χ1n) is 7.55. The van der Waals surface area contributed by atoms with Crippen LogP contribution in [0.25, 0.3) is 0 Å². The van der Waals surface area contributed by atoms with E-state index in [1.54, 1.807) is 42.5 Å². The summed E-state index contributed by atoms with van der Waals surface area (Å²) in [7, 11) is -4.06. The van der Waals surface area contributed by atoms with E-state index in [9.17, 15) is 17.2 Å². The molecule has 0 saturated carbocycles. The molecule has 0 fully saturated rings. The van der Waals surface area contributed by atoms with Gasteiger partial charge >= 0.3 is 0 Å². The van der Waals surface area contributed by atoms with Crippen molar-refractivity contribution in [2.75, 3.05) is 4.31 Å². The van der Waals surface area contributed by atoms with Gasteiger partial charge in [-0.15, -0.1) is 0 Å². The average molecular weight is 359 g/mol. The summed E-state index contributed by atoms with van der Waals surface area (Å²) >= 11 is 0. The van der Waals surface area contributed by atoms with Crippen molar-refractivity contribution in [2.45, 2.75) is 11.4 Å². The van der Waals surface area contributed by atoms with Gasteiger partial charge in [0.15, 0.2) is 11.6 Å². The average Bonchev–Trinajstić information content (AvgIpc) is 2.63. The lowest BCUT2D eigenvalue weighted by atomic mass is 10.2. The van der Waals surface area contributed by atoms with Crippen molar-refractivity contribution in [1.29, 1.82) is 0 Å². The number of hydrogen-bond donors (Lipinski definition) is 0. The Balaban J connectivity index is 2.08. The molecule has 25 heavy (non-hydrogen) atoms. The molecule has 0 saturated heterocycles. The van der Waals surface area contributed by atoms with Crippen LogP contribution >= 0.6 is 0 Å². The summed E-state index contributed by atoms with van der Waals surface area (Å²) in [5.41, 5.74) is 1.22. The van der Waals surface area contributed by atoms with Gasteiger partial charge in [0.1, 0.15) is 0 Å². The molecule has 0 unspecified atom stereocenters. The van der Waals surface area contributed by atoms with Crippen LogP contribution in [0, 0.1) is 11.6 Å². The first kappa shape index (κ1) is 17.1. The zero-order valence-electron chi connectivity index (χ0n) is 13.1. The van der Waals surface area contributed by atoms with E-state index in [1.165, 1.54) is 4.31 Å². The molecule has 0 bridgehead atoms. The fourth-order valence-corrected chi connectivity index (χ4v) is 3.89. The van der Waals surface area contributed by atoms with Gasteiger partial charge < -0.3 is 0 Å². The van der Waals surface area contributed by atoms with Crippen molar-refractivity contribution in [3.63, 3.8) is 0 Å².